The molecule has 1 aromatic rings. The molecule has 0 spiro atoms. The van der Waals surface area contributed by atoms with Gasteiger partial charge in [0, 0.05) is 11.6 Å². The van der Waals surface area contributed by atoms with Crippen LogP contribution in [-0.4, -0.2) is 30.0 Å². The van der Waals surface area contributed by atoms with E-state index in [2.05, 4.69) is 10.6 Å². The van der Waals surface area contributed by atoms with Crippen LogP contribution in [0.25, 0.3) is 0 Å². The molecule has 0 saturated carbocycles. The van der Waals surface area contributed by atoms with Gasteiger partial charge in [0.2, 0.25) is 0 Å². The van der Waals surface area contributed by atoms with Crippen molar-refractivity contribution in [2.45, 2.75) is 32.7 Å². The molecule has 6 nitrogen and oxygen atoms in total. The van der Waals surface area contributed by atoms with E-state index in [0.29, 0.717) is 11.5 Å². The standard InChI is InChI=1S/C15H21N3O3/c1-10-5-3-7-13(14(10)18(20)21)15(19)17-11(2)12-6-4-8-16-9-12/h3,5,7,11-12,16H,4,6,8-9H2,1-2H3,(H,17,19). The van der Waals surface area contributed by atoms with E-state index in [1.54, 1.807) is 19.1 Å². The number of piperidine rings is 1. The van der Waals surface area contributed by atoms with E-state index >= 15 is 0 Å². The van der Waals surface area contributed by atoms with Crippen molar-refractivity contribution in [1.82, 2.24) is 10.6 Å². The molecule has 2 unspecified atom stereocenters. The maximum atomic E-state index is 12.3. The van der Waals surface area contributed by atoms with E-state index in [4.69, 9.17) is 0 Å². The van der Waals surface area contributed by atoms with Crippen LogP contribution in [-0.2, 0) is 0 Å². The second kappa shape index (κ2) is 6.67. The maximum absolute atomic E-state index is 12.3. The van der Waals surface area contributed by atoms with Gasteiger partial charge in [0.05, 0.1) is 4.92 Å². The number of hydrogen-bond acceptors (Lipinski definition) is 4. The van der Waals surface area contributed by atoms with Gasteiger partial charge in [-0.05, 0) is 51.8 Å². The van der Waals surface area contributed by atoms with Crippen molar-refractivity contribution in [1.29, 1.82) is 0 Å². The van der Waals surface area contributed by atoms with E-state index in [9.17, 15) is 14.9 Å². The fraction of sp³-hybridized carbons (Fsp3) is 0.533. The number of nitro benzene ring substituents is 1. The van der Waals surface area contributed by atoms with Crippen LogP contribution in [0.5, 0.6) is 0 Å². The number of carbonyl (C=O) groups is 1. The van der Waals surface area contributed by atoms with Crippen molar-refractivity contribution < 1.29 is 9.72 Å². The number of amides is 1. The first-order chi connectivity index (χ1) is 10.0. The minimum atomic E-state index is -0.489. The van der Waals surface area contributed by atoms with Crippen molar-refractivity contribution in [3.8, 4) is 0 Å². The second-order valence-electron chi connectivity index (χ2n) is 5.60. The Morgan fingerprint density at radius 2 is 2.29 bits per heavy atom. The molecule has 0 radical (unpaired) electrons. The van der Waals surface area contributed by atoms with Crippen molar-refractivity contribution >= 4 is 11.6 Å². The Morgan fingerprint density at radius 1 is 1.52 bits per heavy atom. The minimum absolute atomic E-state index is 0.00887. The van der Waals surface area contributed by atoms with Crippen LogP contribution in [0.4, 0.5) is 5.69 Å². The average Bonchev–Trinajstić information content (AvgIpc) is 2.47. The van der Waals surface area contributed by atoms with Gasteiger partial charge in [-0.25, -0.2) is 0 Å². The number of nitrogens with zero attached hydrogens (tertiary/aromatic N) is 1. The van der Waals surface area contributed by atoms with Gasteiger partial charge in [-0.3, -0.25) is 14.9 Å². The molecule has 1 aliphatic heterocycles. The van der Waals surface area contributed by atoms with Crippen LogP contribution in [0.1, 0.15) is 35.7 Å². The van der Waals surface area contributed by atoms with Crippen LogP contribution < -0.4 is 10.6 Å². The van der Waals surface area contributed by atoms with Crippen LogP contribution in [0.15, 0.2) is 18.2 Å². The minimum Gasteiger partial charge on any atom is -0.349 e. The molecule has 114 valence electrons. The molecule has 1 aromatic carbocycles. The number of benzene rings is 1. The quantitative estimate of drug-likeness (QED) is 0.656. The summed E-state index contributed by atoms with van der Waals surface area (Å²) in [6.45, 7) is 5.48. The molecule has 0 aromatic heterocycles. The molecule has 6 heteroatoms. The molecule has 1 fully saturated rings. The monoisotopic (exact) mass is 291 g/mol. The zero-order valence-electron chi connectivity index (χ0n) is 12.4. The first kappa shape index (κ1) is 15.4. The number of nitrogens with one attached hydrogen (secondary N) is 2. The number of nitro groups is 1. The Balaban J connectivity index is 2.13. The van der Waals surface area contributed by atoms with Gasteiger partial charge in [-0.2, -0.15) is 0 Å². The number of aryl methyl sites for hydroxylation is 1. The number of rotatable bonds is 4. The normalized spacial score (nSPS) is 19.8. The van der Waals surface area contributed by atoms with Gasteiger partial charge in [-0.15, -0.1) is 0 Å². The van der Waals surface area contributed by atoms with Crippen LogP contribution in [0.3, 0.4) is 0 Å². The number of para-hydroxylation sites is 1. The Labute approximate surface area is 124 Å². The Morgan fingerprint density at radius 3 is 2.90 bits per heavy atom. The highest BCUT2D eigenvalue weighted by Gasteiger charge is 2.26. The summed E-state index contributed by atoms with van der Waals surface area (Å²) in [4.78, 5) is 23.0. The molecular weight excluding hydrogens is 270 g/mol. The van der Waals surface area contributed by atoms with Crippen LogP contribution in [0, 0.1) is 23.0 Å². The van der Waals surface area contributed by atoms with Crippen molar-refractivity contribution in [2.75, 3.05) is 13.1 Å². The Kier molecular flexibility index (Phi) is 4.90. The van der Waals surface area contributed by atoms with Crippen LogP contribution in [0.2, 0.25) is 0 Å². The molecule has 2 N–H and O–H groups in total. The number of carbonyl (C=O) groups excluding carboxylic acids is 1. The molecule has 1 saturated heterocycles. The second-order valence-corrected chi connectivity index (χ2v) is 5.60. The molecule has 0 aliphatic carbocycles. The third kappa shape index (κ3) is 3.58. The summed E-state index contributed by atoms with van der Waals surface area (Å²) in [5.74, 6) is -0.00459. The highest BCUT2D eigenvalue weighted by Crippen LogP contribution is 2.23. The van der Waals surface area contributed by atoms with Crippen LogP contribution >= 0.6 is 0 Å². The molecule has 0 bridgehead atoms. The fourth-order valence-electron chi connectivity index (χ4n) is 2.79. The third-order valence-electron chi connectivity index (χ3n) is 4.07. The van der Waals surface area contributed by atoms with E-state index in [1.165, 1.54) is 6.07 Å². The van der Waals surface area contributed by atoms with E-state index in [1.807, 2.05) is 6.92 Å². The molecule has 1 heterocycles. The summed E-state index contributed by atoms with van der Waals surface area (Å²) in [6.07, 6.45) is 2.15. The van der Waals surface area contributed by atoms with Gasteiger partial charge >= 0.3 is 0 Å². The lowest BCUT2D eigenvalue weighted by Gasteiger charge is -2.28. The SMILES string of the molecule is Cc1cccc(C(=O)NC(C)C2CCCNC2)c1[N+](=O)[O-]. The van der Waals surface area contributed by atoms with Gasteiger partial charge < -0.3 is 10.6 Å². The largest absolute Gasteiger partial charge is 0.349 e. The number of hydrogen-bond donors (Lipinski definition) is 2. The van der Waals surface area contributed by atoms with Crippen molar-refractivity contribution in [3.05, 3.63) is 39.4 Å². The first-order valence-electron chi connectivity index (χ1n) is 7.26. The predicted molar refractivity (Wildman–Crippen MR) is 80.4 cm³/mol. The first-order valence-corrected chi connectivity index (χ1v) is 7.26. The lowest BCUT2D eigenvalue weighted by Crippen LogP contribution is -2.44. The molecule has 1 aliphatic rings. The van der Waals surface area contributed by atoms with Crippen molar-refractivity contribution in [2.24, 2.45) is 5.92 Å². The van der Waals surface area contributed by atoms with Gasteiger partial charge in [0.1, 0.15) is 5.56 Å². The summed E-state index contributed by atoms with van der Waals surface area (Å²) in [5.41, 5.74) is 0.527. The highest BCUT2D eigenvalue weighted by molar-refractivity contribution is 5.98. The maximum Gasteiger partial charge on any atom is 0.285 e. The molecule has 21 heavy (non-hydrogen) atoms. The lowest BCUT2D eigenvalue weighted by molar-refractivity contribution is -0.385. The highest BCUT2D eigenvalue weighted by atomic mass is 16.6. The zero-order chi connectivity index (χ0) is 15.4. The van der Waals surface area contributed by atoms with E-state index in [-0.39, 0.29) is 23.2 Å². The smallest absolute Gasteiger partial charge is 0.285 e. The summed E-state index contributed by atoms with van der Waals surface area (Å²) < 4.78 is 0. The topological polar surface area (TPSA) is 84.3 Å². The van der Waals surface area contributed by atoms with E-state index in [0.717, 1.165) is 25.9 Å². The summed E-state index contributed by atoms with van der Waals surface area (Å²) in [5, 5.41) is 17.4. The Hall–Kier alpha value is -1.95. The molecular formula is C15H21N3O3. The van der Waals surface area contributed by atoms with Gasteiger partial charge in [-0.1, -0.05) is 12.1 Å². The van der Waals surface area contributed by atoms with Crippen molar-refractivity contribution in [3.63, 3.8) is 0 Å². The van der Waals surface area contributed by atoms with Gasteiger partial charge in [0.25, 0.3) is 11.6 Å². The van der Waals surface area contributed by atoms with E-state index < -0.39 is 4.92 Å². The lowest BCUT2D eigenvalue weighted by atomic mass is 9.92. The molecule has 2 rings (SSSR count). The molecule has 1 amide bonds. The molecule has 2 atom stereocenters. The fourth-order valence-corrected chi connectivity index (χ4v) is 2.79. The summed E-state index contributed by atoms with van der Waals surface area (Å²) in [7, 11) is 0. The summed E-state index contributed by atoms with van der Waals surface area (Å²) >= 11 is 0. The predicted octanol–water partition coefficient (Wildman–Crippen LogP) is 2.02. The average molecular weight is 291 g/mol. The summed E-state index contributed by atoms with van der Waals surface area (Å²) in [6, 6.07) is 4.81. The zero-order valence-corrected chi connectivity index (χ0v) is 12.4. The Bertz CT molecular complexity index is 539. The van der Waals surface area contributed by atoms with Gasteiger partial charge in [0.15, 0.2) is 0 Å². The third-order valence-corrected chi connectivity index (χ3v) is 4.07.